The van der Waals surface area contributed by atoms with Crippen LogP contribution in [0, 0.1) is 0 Å². The lowest BCUT2D eigenvalue weighted by Crippen LogP contribution is -2.14. The van der Waals surface area contributed by atoms with Crippen LogP contribution in [0.25, 0.3) is 0 Å². The van der Waals surface area contributed by atoms with Gasteiger partial charge in [-0.25, -0.2) is 0 Å². The molecule has 0 saturated heterocycles. The monoisotopic (exact) mass is 342 g/mol. The van der Waals surface area contributed by atoms with Crippen LogP contribution in [0.5, 0.6) is 5.75 Å². The smallest absolute Gasteiger partial charge is 0.119 e. The van der Waals surface area contributed by atoms with Gasteiger partial charge in [0.15, 0.2) is 0 Å². The summed E-state index contributed by atoms with van der Waals surface area (Å²) in [5, 5.41) is 0. The van der Waals surface area contributed by atoms with Gasteiger partial charge in [-0.15, -0.1) is 0 Å². The molecular weight excluding hydrogens is 312 g/mol. The van der Waals surface area contributed by atoms with Gasteiger partial charge < -0.3 is 28.4 Å². The van der Waals surface area contributed by atoms with Gasteiger partial charge in [0.05, 0.1) is 59.5 Å². The molecule has 1 aromatic rings. The van der Waals surface area contributed by atoms with Crippen LogP contribution in [0.4, 0.5) is 0 Å². The molecule has 1 rings (SSSR count). The number of hydrogen-bond donors (Lipinski definition) is 0. The normalized spacial score (nSPS) is 10.9. The van der Waals surface area contributed by atoms with E-state index in [2.05, 4.69) is 0 Å². The molecule has 0 aliphatic carbocycles. The third kappa shape index (κ3) is 13.3. The highest BCUT2D eigenvalue weighted by Crippen LogP contribution is 2.07. The van der Waals surface area contributed by atoms with Crippen molar-refractivity contribution in [2.45, 2.75) is 6.92 Å². The van der Waals surface area contributed by atoms with Crippen molar-refractivity contribution >= 4 is 0 Å². The van der Waals surface area contributed by atoms with E-state index in [1.807, 2.05) is 37.3 Å². The molecule has 6 heteroatoms. The first kappa shape index (κ1) is 20.9. The molecule has 0 fully saturated rings. The quantitative estimate of drug-likeness (QED) is 0.405. The van der Waals surface area contributed by atoms with E-state index in [0.717, 1.165) is 12.4 Å². The fourth-order valence-corrected chi connectivity index (χ4v) is 1.76. The SMILES string of the molecule is CCOCCOCCOCCOCCOCCOc1ccccc1. The summed E-state index contributed by atoms with van der Waals surface area (Å²) in [6, 6.07) is 9.69. The molecular formula is C18H30O6. The number of hydrogen-bond acceptors (Lipinski definition) is 6. The Bertz CT molecular complexity index is 360. The topological polar surface area (TPSA) is 55.4 Å². The predicted octanol–water partition coefficient (Wildman–Crippen LogP) is 2.17. The Hall–Kier alpha value is -1.18. The van der Waals surface area contributed by atoms with Crippen molar-refractivity contribution in [1.29, 1.82) is 0 Å². The Morgan fingerprint density at radius 1 is 0.542 bits per heavy atom. The van der Waals surface area contributed by atoms with E-state index in [-0.39, 0.29) is 0 Å². The van der Waals surface area contributed by atoms with Gasteiger partial charge >= 0.3 is 0 Å². The lowest BCUT2D eigenvalue weighted by molar-refractivity contribution is -0.0119. The molecule has 6 nitrogen and oxygen atoms in total. The summed E-state index contributed by atoms with van der Waals surface area (Å²) < 4.78 is 32.2. The second-order valence-electron chi connectivity index (χ2n) is 4.81. The fraction of sp³-hybridized carbons (Fsp3) is 0.667. The molecule has 0 aliphatic rings. The Kier molecular flexibility index (Phi) is 14.5. The molecule has 0 bridgehead atoms. The van der Waals surface area contributed by atoms with E-state index in [1.165, 1.54) is 0 Å². The second-order valence-corrected chi connectivity index (χ2v) is 4.81. The van der Waals surface area contributed by atoms with Crippen molar-refractivity contribution in [3.8, 4) is 5.75 Å². The number of rotatable bonds is 17. The molecule has 0 unspecified atom stereocenters. The first-order valence-electron chi connectivity index (χ1n) is 8.50. The summed E-state index contributed by atoms with van der Waals surface area (Å²) in [5.41, 5.74) is 0. The van der Waals surface area contributed by atoms with E-state index in [9.17, 15) is 0 Å². The summed E-state index contributed by atoms with van der Waals surface area (Å²) in [6.45, 7) is 8.40. The third-order valence-electron chi connectivity index (χ3n) is 2.93. The largest absolute Gasteiger partial charge is 0.491 e. The van der Waals surface area contributed by atoms with Crippen molar-refractivity contribution in [2.24, 2.45) is 0 Å². The van der Waals surface area contributed by atoms with E-state index in [4.69, 9.17) is 28.4 Å². The zero-order valence-electron chi connectivity index (χ0n) is 14.6. The molecule has 0 saturated carbocycles. The third-order valence-corrected chi connectivity index (χ3v) is 2.93. The van der Waals surface area contributed by atoms with Crippen LogP contribution in [-0.4, -0.2) is 72.7 Å². The van der Waals surface area contributed by atoms with Gasteiger partial charge in [-0.1, -0.05) is 18.2 Å². The molecule has 0 heterocycles. The Labute approximate surface area is 144 Å². The minimum atomic E-state index is 0.538. The maximum absolute atomic E-state index is 5.51. The molecule has 0 radical (unpaired) electrons. The van der Waals surface area contributed by atoms with Gasteiger partial charge in [-0.2, -0.15) is 0 Å². The van der Waals surface area contributed by atoms with Crippen LogP contribution in [0.3, 0.4) is 0 Å². The number of ether oxygens (including phenoxy) is 6. The van der Waals surface area contributed by atoms with Crippen LogP contribution in [0.1, 0.15) is 6.92 Å². The van der Waals surface area contributed by atoms with Crippen molar-refractivity contribution in [3.05, 3.63) is 30.3 Å². The van der Waals surface area contributed by atoms with Gasteiger partial charge in [0.1, 0.15) is 12.4 Å². The van der Waals surface area contributed by atoms with Gasteiger partial charge in [-0.05, 0) is 19.1 Å². The van der Waals surface area contributed by atoms with E-state index in [1.54, 1.807) is 0 Å². The summed E-state index contributed by atoms with van der Waals surface area (Å²) in [4.78, 5) is 0. The van der Waals surface area contributed by atoms with Crippen molar-refractivity contribution in [1.82, 2.24) is 0 Å². The average Bonchev–Trinajstić information content (AvgIpc) is 2.62. The standard InChI is InChI=1S/C18H30O6/c1-2-19-8-9-20-10-11-21-12-13-22-14-15-23-16-17-24-18-6-4-3-5-7-18/h3-7H,2,8-17H2,1H3. The molecule has 0 amide bonds. The van der Waals surface area contributed by atoms with Crippen molar-refractivity contribution in [3.63, 3.8) is 0 Å². The summed E-state index contributed by atoms with van der Waals surface area (Å²) in [6.07, 6.45) is 0. The van der Waals surface area contributed by atoms with E-state index < -0.39 is 0 Å². The first-order valence-corrected chi connectivity index (χ1v) is 8.50. The molecule has 1 aromatic carbocycles. The lowest BCUT2D eigenvalue weighted by Gasteiger charge is -2.08. The van der Waals surface area contributed by atoms with Gasteiger partial charge in [-0.3, -0.25) is 0 Å². The summed E-state index contributed by atoms with van der Waals surface area (Å²) >= 11 is 0. The maximum Gasteiger partial charge on any atom is 0.119 e. The molecule has 138 valence electrons. The highest BCUT2D eigenvalue weighted by Gasteiger charge is 1.94. The average molecular weight is 342 g/mol. The van der Waals surface area contributed by atoms with Crippen LogP contribution >= 0.6 is 0 Å². The first-order chi connectivity index (χ1) is 11.9. The molecule has 0 N–H and O–H groups in total. The molecule has 0 atom stereocenters. The maximum atomic E-state index is 5.51. The molecule has 24 heavy (non-hydrogen) atoms. The van der Waals surface area contributed by atoms with E-state index in [0.29, 0.717) is 66.1 Å². The van der Waals surface area contributed by atoms with Crippen LogP contribution in [-0.2, 0) is 23.7 Å². The highest BCUT2D eigenvalue weighted by molar-refractivity contribution is 5.20. The Morgan fingerprint density at radius 2 is 0.958 bits per heavy atom. The van der Waals surface area contributed by atoms with Crippen molar-refractivity contribution < 1.29 is 28.4 Å². The molecule has 0 spiro atoms. The van der Waals surface area contributed by atoms with Gasteiger partial charge in [0, 0.05) is 6.61 Å². The Morgan fingerprint density at radius 3 is 1.42 bits per heavy atom. The van der Waals surface area contributed by atoms with Crippen LogP contribution in [0.15, 0.2) is 30.3 Å². The summed E-state index contributed by atoms with van der Waals surface area (Å²) in [7, 11) is 0. The molecule has 0 aromatic heterocycles. The van der Waals surface area contributed by atoms with E-state index >= 15 is 0 Å². The zero-order chi connectivity index (χ0) is 17.1. The second kappa shape index (κ2) is 16.7. The number of benzene rings is 1. The lowest BCUT2D eigenvalue weighted by atomic mass is 10.3. The van der Waals surface area contributed by atoms with Gasteiger partial charge in [0.25, 0.3) is 0 Å². The highest BCUT2D eigenvalue weighted by atomic mass is 16.6. The van der Waals surface area contributed by atoms with Crippen molar-refractivity contribution in [2.75, 3.05) is 72.7 Å². The predicted molar refractivity (Wildman–Crippen MR) is 91.7 cm³/mol. The minimum Gasteiger partial charge on any atom is -0.491 e. The summed E-state index contributed by atoms with van der Waals surface area (Å²) in [5.74, 6) is 0.858. The number of para-hydroxylation sites is 1. The fourth-order valence-electron chi connectivity index (χ4n) is 1.76. The minimum absolute atomic E-state index is 0.538. The van der Waals surface area contributed by atoms with Crippen LogP contribution < -0.4 is 4.74 Å². The van der Waals surface area contributed by atoms with Crippen LogP contribution in [0.2, 0.25) is 0 Å². The molecule has 0 aliphatic heterocycles. The Balaban J connectivity index is 1.70. The van der Waals surface area contributed by atoms with Gasteiger partial charge in [0.2, 0.25) is 0 Å². The zero-order valence-corrected chi connectivity index (χ0v) is 14.6.